The third-order valence-corrected chi connectivity index (χ3v) is 5.54. The van der Waals surface area contributed by atoms with Crippen LogP contribution in [0, 0.1) is 6.92 Å². The maximum atomic E-state index is 5.87. The van der Waals surface area contributed by atoms with E-state index in [1.54, 1.807) is 11.3 Å². The highest BCUT2D eigenvalue weighted by atomic mass is 79.9. The van der Waals surface area contributed by atoms with Gasteiger partial charge in [-0.3, -0.25) is 0 Å². The first-order valence-electron chi connectivity index (χ1n) is 5.37. The lowest BCUT2D eigenvalue weighted by molar-refractivity contribution is 0.960. The standard InChI is InChI=1S/C13H14BrNS2/c1-9-3-2-4-10(7-9)16-12(8-15)11-5-6-13(14)17-11/h2-7,12H,8,15H2,1H3. The number of hydrogen-bond donors (Lipinski definition) is 1. The molecule has 4 heteroatoms. The summed E-state index contributed by atoms with van der Waals surface area (Å²) in [5.41, 5.74) is 7.16. The molecule has 0 radical (unpaired) electrons. The van der Waals surface area contributed by atoms with E-state index in [1.807, 2.05) is 11.8 Å². The molecule has 0 saturated carbocycles. The van der Waals surface area contributed by atoms with Crippen LogP contribution in [0.2, 0.25) is 0 Å². The van der Waals surface area contributed by atoms with Gasteiger partial charge in [-0.15, -0.1) is 23.1 Å². The molecule has 0 aliphatic heterocycles. The second-order valence-electron chi connectivity index (χ2n) is 3.80. The summed E-state index contributed by atoms with van der Waals surface area (Å²) in [6.45, 7) is 2.77. The Labute approximate surface area is 119 Å². The third-order valence-electron chi connectivity index (χ3n) is 2.39. The smallest absolute Gasteiger partial charge is 0.0701 e. The predicted octanol–water partition coefficient (Wildman–Crippen LogP) is 4.61. The molecule has 1 nitrogen and oxygen atoms in total. The molecule has 0 saturated heterocycles. The predicted molar refractivity (Wildman–Crippen MR) is 80.9 cm³/mol. The molecule has 2 N–H and O–H groups in total. The molecule has 0 aliphatic carbocycles. The Balaban J connectivity index is 2.15. The van der Waals surface area contributed by atoms with E-state index in [0.717, 1.165) is 3.79 Å². The molecule has 17 heavy (non-hydrogen) atoms. The summed E-state index contributed by atoms with van der Waals surface area (Å²) in [5.74, 6) is 0. The summed E-state index contributed by atoms with van der Waals surface area (Å²) in [7, 11) is 0. The summed E-state index contributed by atoms with van der Waals surface area (Å²) >= 11 is 7.09. The maximum Gasteiger partial charge on any atom is 0.0701 e. The van der Waals surface area contributed by atoms with Crippen LogP contribution in [0.1, 0.15) is 15.7 Å². The Bertz CT molecular complexity index is 496. The fourth-order valence-electron chi connectivity index (χ4n) is 1.58. The Morgan fingerprint density at radius 3 is 2.76 bits per heavy atom. The van der Waals surface area contributed by atoms with Crippen molar-refractivity contribution in [2.24, 2.45) is 5.73 Å². The van der Waals surface area contributed by atoms with E-state index in [0.29, 0.717) is 11.8 Å². The van der Waals surface area contributed by atoms with Crippen LogP contribution in [0.4, 0.5) is 0 Å². The first-order valence-corrected chi connectivity index (χ1v) is 7.86. The Hall–Kier alpha value is -0.290. The zero-order chi connectivity index (χ0) is 12.3. The molecule has 1 aromatic heterocycles. The van der Waals surface area contributed by atoms with Crippen molar-refractivity contribution < 1.29 is 0 Å². The van der Waals surface area contributed by atoms with Crippen molar-refractivity contribution >= 4 is 39.0 Å². The van der Waals surface area contributed by atoms with Crippen LogP contribution < -0.4 is 5.73 Å². The van der Waals surface area contributed by atoms with Crippen molar-refractivity contribution in [2.75, 3.05) is 6.54 Å². The normalized spacial score (nSPS) is 12.6. The van der Waals surface area contributed by atoms with Crippen LogP contribution in [0.3, 0.4) is 0 Å². The van der Waals surface area contributed by atoms with E-state index >= 15 is 0 Å². The van der Waals surface area contributed by atoms with Crippen LogP contribution in [0.25, 0.3) is 0 Å². The molecular weight excluding hydrogens is 314 g/mol. The number of halogens is 1. The molecule has 2 aromatic rings. The van der Waals surface area contributed by atoms with Gasteiger partial charge in [0.15, 0.2) is 0 Å². The van der Waals surface area contributed by atoms with Gasteiger partial charge in [0, 0.05) is 16.3 Å². The zero-order valence-electron chi connectivity index (χ0n) is 9.52. The van der Waals surface area contributed by atoms with E-state index in [9.17, 15) is 0 Å². The molecule has 0 bridgehead atoms. The van der Waals surface area contributed by atoms with Crippen LogP contribution in [0.15, 0.2) is 45.1 Å². The summed E-state index contributed by atoms with van der Waals surface area (Å²) in [6.07, 6.45) is 0. The Morgan fingerprint density at radius 2 is 2.18 bits per heavy atom. The molecule has 0 spiro atoms. The van der Waals surface area contributed by atoms with E-state index in [1.165, 1.54) is 15.3 Å². The van der Waals surface area contributed by atoms with Gasteiger partial charge in [0.25, 0.3) is 0 Å². The lowest BCUT2D eigenvalue weighted by Gasteiger charge is -2.12. The van der Waals surface area contributed by atoms with E-state index < -0.39 is 0 Å². The number of hydrogen-bond acceptors (Lipinski definition) is 3. The van der Waals surface area contributed by atoms with Crippen molar-refractivity contribution in [3.8, 4) is 0 Å². The number of thiophene rings is 1. The topological polar surface area (TPSA) is 26.0 Å². The van der Waals surface area contributed by atoms with Gasteiger partial charge in [-0.1, -0.05) is 17.7 Å². The van der Waals surface area contributed by atoms with Gasteiger partial charge in [0.05, 0.1) is 9.04 Å². The summed E-state index contributed by atoms with van der Waals surface area (Å²) in [5, 5.41) is 0.341. The fourth-order valence-corrected chi connectivity index (χ4v) is 4.31. The fraction of sp³-hybridized carbons (Fsp3) is 0.231. The van der Waals surface area contributed by atoms with Gasteiger partial charge in [0.1, 0.15) is 0 Å². The summed E-state index contributed by atoms with van der Waals surface area (Å²) in [4.78, 5) is 2.61. The average molecular weight is 328 g/mol. The third kappa shape index (κ3) is 3.58. The van der Waals surface area contributed by atoms with Gasteiger partial charge in [0.2, 0.25) is 0 Å². The summed E-state index contributed by atoms with van der Waals surface area (Å²) < 4.78 is 1.16. The average Bonchev–Trinajstić information content (AvgIpc) is 2.73. The molecule has 1 atom stereocenters. The molecule has 2 rings (SSSR count). The molecular formula is C13H14BrNS2. The number of nitrogens with two attached hydrogens (primary N) is 1. The number of thioether (sulfide) groups is 1. The lowest BCUT2D eigenvalue weighted by Crippen LogP contribution is -2.07. The quantitative estimate of drug-likeness (QED) is 0.830. The van der Waals surface area contributed by atoms with Gasteiger partial charge in [-0.25, -0.2) is 0 Å². The molecule has 90 valence electrons. The second kappa shape index (κ2) is 6.05. The molecule has 0 aliphatic rings. The van der Waals surface area contributed by atoms with E-state index in [2.05, 4.69) is 59.3 Å². The highest BCUT2D eigenvalue weighted by Gasteiger charge is 2.13. The van der Waals surface area contributed by atoms with Crippen molar-refractivity contribution in [2.45, 2.75) is 17.1 Å². The van der Waals surface area contributed by atoms with Gasteiger partial charge >= 0.3 is 0 Å². The minimum Gasteiger partial charge on any atom is -0.329 e. The minimum absolute atomic E-state index is 0.341. The summed E-state index contributed by atoms with van der Waals surface area (Å²) in [6, 6.07) is 12.8. The van der Waals surface area contributed by atoms with Crippen LogP contribution in [0.5, 0.6) is 0 Å². The largest absolute Gasteiger partial charge is 0.329 e. The Morgan fingerprint density at radius 1 is 1.35 bits per heavy atom. The van der Waals surface area contributed by atoms with Gasteiger partial charge in [-0.05, 0) is 47.1 Å². The van der Waals surface area contributed by atoms with Crippen LogP contribution >= 0.6 is 39.0 Å². The Kier molecular flexibility index (Phi) is 4.68. The molecule has 0 fully saturated rings. The molecule has 0 amide bonds. The van der Waals surface area contributed by atoms with Gasteiger partial charge in [-0.2, -0.15) is 0 Å². The van der Waals surface area contributed by atoms with Crippen LogP contribution in [-0.2, 0) is 0 Å². The van der Waals surface area contributed by atoms with Gasteiger partial charge < -0.3 is 5.73 Å². The molecule has 1 heterocycles. The van der Waals surface area contributed by atoms with E-state index in [4.69, 9.17) is 5.73 Å². The van der Waals surface area contributed by atoms with Crippen LogP contribution in [-0.4, -0.2) is 6.54 Å². The molecule has 1 unspecified atom stereocenters. The second-order valence-corrected chi connectivity index (χ2v) is 7.57. The van der Waals surface area contributed by atoms with Crippen molar-refractivity contribution in [1.29, 1.82) is 0 Å². The highest BCUT2D eigenvalue weighted by Crippen LogP contribution is 2.39. The maximum absolute atomic E-state index is 5.87. The van der Waals surface area contributed by atoms with Crippen molar-refractivity contribution in [1.82, 2.24) is 0 Å². The number of aryl methyl sites for hydroxylation is 1. The number of rotatable bonds is 4. The monoisotopic (exact) mass is 327 g/mol. The van der Waals surface area contributed by atoms with E-state index in [-0.39, 0.29) is 0 Å². The zero-order valence-corrected chi connectivity index (χ0v) is 12.7. The molecule has 1 aromatic carbocycles. The first-order chi connectivity index (χ1) is 8.19. The first kappa shape index (κ1) is 13.1. The highest BCUT2D eigenvalue weighted by molar-refractivity contribution is 9.11. The number of benzene rings is 1. The SMILES string of the molecule is Cc1cccc(SC(CN)c2ccc(Br)s2)c1. The van der Waals surface area contributed by atoms with Crippen molar-refractivity contribution in [3.05, 3.63) is 50.6 Å². The van der Waals surface area contributed by atoms with Crippen molar-refractivity contribution in [3.63, 3.8) is 0 Å². The minimum atomic E-state index is 0.341. The lowest BCUT2D eigenvalue weighted by atomic mass is 10.2.